The Balaban J connectivity index is 1.93. The molecule has 1 amide bonds. The molecule has 0 saturated carbocycles. The molecule has 118 valence electrons. The maximum Gasteiger partial charge on any atom is 0.257 e. The fourth-order valence-corrected chi connectivity index (χ4v) is 2.91. The van der Waals surface area contributed by atoms with E-state index in [-0.39, 0.29) is 5.91 Å². The van der Waals surface area contributed by atoms with Gasteiger partial charge in [-0.1, -0.05) is 78.6 Å². The predicted molar refractivity (Wildman–Crippen MR) is 102 cm³/mol. The second kappa shape index (κ2) is 6.51. The summed E-state index contributed by atoms with van der Waals surface area (Å²) in [6.07, 6.45) is 0. The maximum absolute atomic E-state index is 12.6. The van der Waals surface area contributed by atoms with Crippen LogP contribution in [0.4, 0.5) is 5.69 Å². The molecule has 2 heteroatoms. The average molecular weight is 321 g/mol. The van der Waals surface area contributed by atoms with E-state index in [1.807, 2.05) is 84.9 Å². The number of hydrogen-bond donors (Lipinski definition) is 1. The lowest BCUT2D eigenvalue weighted by molar-refractivity contribution is -0.110. The van der Waals surface area contributed by atoms with Crippen LogP contribution in [0, 0.1) is 11.8 Å². The van der Waals surface area contributed by atoms with Gasteiger partial charge in [0, 0.05) is 22.4 Å². The van der Waals surface area contributed by atoms with Crippen LogP contribution in [-0.4, -0.2) is 5.91 Å². The predicted octanol–water partition coefficient (Wildman–Crippen LogP) is 4.60. The minimum atomic E-state index is -0.109. The van der Waals surface area contributed by atoms with Gasteiger partial charge in [-0.15, -0.1) is 0 Å². The van der Waals surface area contributed by atoms with Crippen LogP contribution in [0.1, 0.15) is 16.7 Å². The molecule has 1 heterocycles. The lowest BCUT2D eigenvalue weighted by Gasteiger charge is -2.05. The lowest BCUT2D eigenvalue weighted by Crippen LogP contribution is -2.05. The number of nitrogens with one attached hydrogen (secondary N) is 1. The van der Waals surface area contributed by atoms with Crippen molar-refractivity contribution in [1.29, 1.82) is 0 Å². The average Bonchev–Trinajstić information content (AvgIpc) is 3.00. The molecule has 0 bridgehead atoms. The summed E-state index contributed by atoms with van der Waals surface area (Å²) in [5, 5.41) is 2.93. The number of hydrogen-bond acceptors (Lipinski definition) is 1. The molecular weight excluding hydrogens is 306 g/mol. The van der Waals surface area contributed by atoms with Gasteiger partial charge in [-0.3, -0.25) is 4.79 Å². The van der Waals surface area contributed by atoms with Crippen molar-refractivity contribution < 1.29 is 4.79 Å². The molecule has 2 nitrogen and oxygen atoms in total. The first-order valence-corrected chi connectivity index (χ1v) is 8.10. The van der Waals surface area contributed by atoms with Crippen molar-refractivity contribution in [2.45, 2.75) is 0 Å². The van der Waals surface area contributed by atoms with Gasteiger partial charge in [-0.25, -0.2) is 0 Å². The van der Waals surface area contributed by atoms with Crippen LogP contribution >= 0.6 is 0 Å². The van der Waals surface area contributed by atoms with Gasteiger partial charge in [0.25, 0.3) is 5.91 Å². The molecule has 0 aliphatic carbocycles. The zero-order chi connectivity index (χ0) is 17.1. The Morgan fingerprint density at radius 1 is 0.760 bits per heavy atom. The summed E-state index contributed by atoms with van der Waals surface area (Å²) in [6.45, 7) is 0. The molecule has 1 aliphatic heterocycles. The highest BCUT2D eigenvalue weighted by molar-refractivity contribution is 6.38. The lowest BCUT2D eigenvalue weighted by atomic mass is 9.95. The van der Waals surface area contributed by atoms with Crippen LogP contribution in [0.3, 0.4) is 0 Å². The minimum absolute atomic E-state index is 0.109. The molecular formula is C23H15NO. The van der Waals surface area contributed by atoms with E-state index < -0.39 is 0 Å². The largest absolute Gasteiger partial charge is 0.321 e. The van der Waals surface area contributed by atoms with E-state index in [1.165, 1.54) is 0 Å². The van der Waals surface area contributed by atoms with Crippen molar-refractivity contribution in [3.05, 3.63) is 102 Å². The monoisotopic (exact) mass is 321 g/mol. The third-order valence-corrected chi connectivity index (χ3v) is 4.09. The molecule has 0 unspecified atom stereocenters. The molecule has 0 atom stereocenters. The van der Waals surface area contributed by atoms with Gasteiger partial charge in [0.2, 0.25) is 0 Å². The number of carbonyl (C=O) groups excluding carboxylic acids is 1. The van der Waals surface area contributed by atoms with Crippen LogP contribution in [0.2, 0.25) is 0 Å². The van der Waals surface area contributed by atoms with E-state index in [9.17, 15) is 4.79 Å². The molecule has 25 heavy (non-hydrogen) atoms. The van der Waals surface area contributed by atoms with E-state index >= 15 is 0 Å². The molecule has 0 spiro atoms. The number of para-hydroxylation sites is 1. The quantitative estimate of drug-likeness (QED) is 0.515. The van der Waals surface area contributed by atoms with Crippen molar-refractivity contribution in [2.75, 3.05) is 5.32 Å². The Labute approximate surface area is 146 Å². The molecule has 1 N–H and O–H groups in total. The molecule has 0 aromatic heterocycles. The molecule has 3 aromatic rings. The van der Waals surface area contributed by atoms with Crippen LogP contribution in [0.25, 0.3) is 11.1 Å². The zero-order valence-corrected chi connectivity index (χ0v) is 13.5. The van der Waals surface area contributed by atoms with Crippen LogP contribution in [-0.2, 0) is 4.79 Å². The van der Waals surface area contributed by atoms with Crippen molar-refractivity contribution in [2.24, 2.45) is 0 Å². The Morgan fingerprint density at radius 2 is 1.40 bits per heavy atom. The second-order valence-electron chi connectivity index (χ2n) is 5.73. The van der Waals surface area contributed by atoms with Crippen molar-refractivity contribution in [1.82, 2.24) is 0 Å². The fraction of sp³-hybridized carbons (Fsp3) is 0. The Morgan fingerprint density at radius 3 is 2.16 bits per heavy atom. The standard InChI is InChI=1S/C23H15NO/c25-23-22(20-13-7-8-14-21(20)24-23)19(18-11-5-2-6-12-18)16-15-17-9-3-1-4-10-17/h1-14H,(H,24,25)/b22-19+. The van der Waals surface area contributed by atoms with Gasteiger partial charge < -0.3 is 5.32 Å². The SMILES string of the molecule is O=C1Nc2ccccc2/C1=C(/C#Cc1ccccc1)c1ccccc1. The van der Waals surface area contributed by atoms with E-state index in [4.69, 9.17) is 0 Å². The molecule has 0 fully saturated rings. The summed E-state index contributed by atoms with van der Waals surface area (Å²) in [7, 11) is 0. The van der Waals surface area contributed by atoms with Crippen molar-refractivity contribution in [3.8, 4) is 11.8 Å². The van der Waals surface area contributed by atoms with Gasteiger partial charge in [-0.05, 0) is 23.8 Å². The third kappa shape index (κ3) is 2.96. The van der Waals surface area contributed by atoms with Gasteiger partial charge in [0.15, 0.2) is 0 Å². The number of rotatable bonds is 1. The minimum Gasteiger partial charge on any atom is -0.321 e. The van der Waals surface area contributed by atoms with Crippen molar-refractivity contribution >= 4 is 22.7 Å². The molecule has 3 aromatic carbocycles. The number of amides is 1. The maximum atomic E-state index is 12.6. The normalized spacial score (nSPS) is 14.2. The van der Waals surface area contributed by atoms with Gasteiger partial charge >= 0.3 is 0 Å². The van der Waals surface area contributed by atoms with E-state index in [2.05, 4.69) is 17.2 Å². The first kappa shape index (κ1) is 15.0. The van der Waals surface area contributed by atoms with Gasteiger partial charge in [0.1, 0.15) is 0 Å². The summed E-state index contributed by atoms with van der Waals surface area (Å²) in [4.78, 5) is 12.6. The summed E-state index contributed by atoms with van der Waals surface area (Å²) >= 11 is 0. The number of benzene rings is 3. The van der Waals surface area contributed by atoms with E-state index in [1.54, 1.807) is 0 Å². The zero-order valence-electron chi connectivity index (χ0n) is 13.5. The smallest absolute Gasteiger partial charge is 0.257 e. The number of allylic oxidation sites excluding steroid dienone is 1. The molecule has 0 radical (unpaired) electrons. The van der Waals surface area contributed by atoms with Gasteiger partial charge in [0.05, 0.1) is 5.57 Å². The fourth-order valence-electron chi connectivity index (χ4n) is 2.91. The van der Waals surface area contributed by atoms with E-state index in [0.29, 0.717) is 5.57 Å². The first-order valence-electron chi connectivity index (χ1n) is 8.10. The number of carbonyl (C=O) groups is 1. The third-order valence-electron chi connectivity index (χ3n) is 4.09. The molecule has 4 rings (SSSR count). The topological polar surface area (TPSA) is 29.1 Å². The first-order chi connectivity index (χ1) is 12.3. The summed E-state index contributed by atoms with van der Waals surface area (Å²) in [5.41, 5.74) is 4.96. The molecule has 0 saturated heterocycles. The highest BCUT2D eigenvalue weighted by Crippen LogP contribution is 2.36. The van der Waals surface area contributed by atoms with Crippen molar-refractivity contribution in [3.63, 3.8) is 0 Å². The number of anilines is 1. The van der Waals surface area contributed by atoms with Crippen LogP contribution in [0.15, 0.2) is 84.9 Å². The Kier molecular flexibility index (Phi) is 3.90. The van der Waals surface area contributed by atoms with Gasteiger partial charge in [-0.2, -0.15) is 0 Å². The summed E-state index contributed by atoms with van der Waals surface area (Å²) < 4.78 is 0. The van der Waals surface area contributed by atoms with E-state index in [0.717, 1.165) is 28.0 Å². The summed E-state index contributed by atoms with van der Waals surface area (Å²) in [6, 6.07) is 27.3. The highest BCUT2D eigenvalue weighted by Gasteiger charge is 2.27. The highest BCUT2D eigenvalue weighted by atomic mass is 16.2. The summed E-state index contributed by atoms with van der Waals surface area (Å²) in [5.74, 6) is 6.31. The van der Waals surface area contributed by atoms with Crippen LogP contribution in [0.5, 0.6) is 0 Å². The second-order valence-corrected chi connectivity index (χ2v) is 5.73. The molecule has 1 aliphatic rings. The van der Waals surface area contributed by atoms with Crippen LogP contribution < -0.4 is 5.32 Å². The number of fused-ring (bicyclic) bond motifs is 1. The Bertz CT molecular complexity index is 1020. The Hall–Kier alpha value is -3.57.